The summed E-state index contributed by atoms with van der Waals surface area (Å²) in [5.41, 5.74) is 4.52. The zero-order valence-electron chi connectivity index (χ0n) is 14.4. The van der Waals surface area contributed by atoms with Crippen LogP contribution < -0.4 is 5.56 Å². The predicted molar refractivity (Wildman–Crippen MR) is 108 cm³/mol. The van der Waals surface area contributed by atoms with Gasteiger partial charge in [-0.05, 0) is 0 Å². The van der Waals surface area contributed by atoms with Crippen LogP contribution >= 0.6 is 0 Å². The van der Waals surface area contributed by atoms with Crippen molar-refractivity contribution in [2.75, 3.05) is 0 Å². The zero-order chi connectivity index (χ0) is 18.4. The Morgan fingerprint density at radius 3 is 2.26 bits per heavy atom. The van der Waals surface area contributed by atoms with Crippen molar-refractivity contribution >= 4 is 34.1 Å². The third-order valence-corrected chi connectivity index (χ3v) is 6.71. The first-order valence-electron chi connectivity index (χ1n) is 8.53. The first kappa shape index (κ1) is 16.1. The van der Waals surface area contributed by atoms with Gasteiger partial charge in [-0.2, -0.15) is 0 Å². The van der Waals surface area contributed by atoms with Gasteiger partial charge in [-0.1, -0.05) is 0 Å². The van der Waals surface area contributed by atoms with Crippen LogP contribution in [0, 0.1) is 6.92 Å². The van der Waals surface area contributed by atoms with E-state index in [-0.39, 0.29) is 20.1 Å². The molecule has 0 fully saturated rings. The Bertz CT molecular complexity index is 1340. The average molecular weight is 417 g/mol. The van der Waals surface area contributed by atoms with Crippen molar-refractivity contribution in [3.8, 4) is 22.4 Å². The summed E-state index contributed by atoms with van der Waals surface area (Å²) >= 11 is -0.204. The Balaban J connectivity index is 2.00. The van der Waals surface area contributed by atoms with Crippen molar-refractivity contribution < 1.29 is 0 Å². The van der Waals surface area contributed by atoms with Crippen LogP contribution in [0.4, 0.5) is 0 Å². The number of aromatic amines is 1. The number of rotatable bonds is 2. The predicted octanol–water partition coefficient (Wildman–Crippen LogP) is 3.57. The Kier molecular flexibility index (Phi) is 3.74. The zero-order valence-corrected chi connectivity index (χ0v) is 16.1. The molecule has 3 heterocycles. The molecule has 0 saturated heterocycles. The van der Waals surface area contributed by atoms with Gasteiger partial charge in [-0.3, -0.25) is 0 Å². The van der Waals surface area contributed by atoms with E-state index in [2.05, 4.69) is 32.3 Å². The van der Waals surface area contributed by atoms with E-state index in [1.807, 2.05) is 55.5 Å². The van der Waals surface area contributed by atoms with Crippen LogP contribution in [0.25, 0.3) is 41.9 Å². The van der Waals surface area contributed by atoms with Gasteiger partial charge in [0.15, 0.2) is 0 Å². The van der Waals surface area contributed by atoms with Crippen LogP contribution in [0.15, 0.2) is 65.5 Å². The molecule has 0 aliphatic carbocycles. The number of fused-ring (bicyclic) bond motifs is 3. The fraction of sp³-hybridized carbons (Fsp3) is 0.0476. The Morgan fingerprint density at radius 1 is 0.889 bits per heavy atom. The number of hydrogen-bond acceptors (Lipinski definition) is 4. The molecule has 0 spiro atoms. The monoisotopic (exact) mass is 418 g/mol. The van der Waals surface area contributed by atoms with Gasteiger partial charge in [0, 0.05) is 0 Å². The van der Waals surface area contributed by atoms with E-state index in [4.69, 9.17) is 0 Å². The maximum atomic E-state index is 12.5. The molecule has 0 unspecified atom stereocenters. The van der Waals surface area contributed by atoms with E-state index in [1.54, 1.807) is 0 Å². The molecular formula is C21H14N4OSe. The number of benzene rings is 2. The SMILES string of the molecule is Cc1nc2c([se]c3nnc(-c4ccccc4)c(-c4ccccc4)c32)c(=O)[nH]1. The van der Waals surface area contributed by atoms with Gasteiger partial charge in [-0.25, -0.2) is 0 Å². The van der Waals surface area contributed by atoms with Crippen LogP contribution in [-0.4, -0.2) is 34.7 Å². The van der Waals surface area contributed by atoms with Gasteiger partial charge in [0.05, 0.1) is 0 Å². The number of nitrogens with one attached hydrogen (secondary N) is 1. The summed E-state index contributed by atoms with van der Waals surface area (Å²) in [6.07, 6.45) is 0. The molecule has 6 heteroatoms. The molecule has 0 aliphatic heterocycles. The minimum absolute atomic E-state index is 0.0734. The summed E-state index contributed by atoms with van der Waals surface area (Å²) in [7, 11) is 0. The van der Waals surface area contributed by atoms with Crippen molar-refractivity contribution in [1.29, 1.82) is 0 Å². The summed E-state index contributed by atoms with van der Waals surface area (Å²) < 4.78 is 1.58. The van der Waals surface area contributed by atoms with Crippen molar-refractivity contribution in [1.82, 2.24) is 20.2 Å². The van der Waals surface area contributed by atoms with E-state index in [1.165, 1.54) is 0 Å². The molecule has 0 radical (unpaired) electrons. The molecule has 5 aromatic rings. The summed E-state index contributed by atoms with van der Waals surface area (Å²) in [5, 5.41) is 9.99. The van der Waals surface area contributed by atoms with E-state index >= 15 is 0 Å². The molecule has 0 aliphatic rings. The van der Waals surface area contributed by atoms with Crippen LogP contribution in [0.2, 0.25) is 0 Å². The molecule has 0 atom stereocenters. The van der Waals surface area contributed by atoms with Crippen LogP contribution in [0.3, 0.4) is 0 Å². The first-order valence-corrected chi connectivity index (χ1v) is 10.2. The topological polar surface area (TPSA) is 71.5 Å². The molecule has 0 saturated carbocycles. The Morgan fingerprint density at radius 2 is 1.56 bits per heavy atom. The minimum atomic E-state index is -0.204. The molecule has 27 heavy (non-hydrogen) atoms. The van der Waals surface area contributed by atoms with E-state index in [0.29, 0.717) is 5.82 Å². The number of hydrogen-bond donors (Lipinski definition) is 1. The van der Waals surface area contributed by atoms with Gasteiger partial charge >= 0.3 is 160 Å². The molecule has 5 nitrogen and oxygen atoms in total. The summed E-state index contributed by atoms with van der Waals surface area (Å²) in [6, 6.07) is 20.2. The molecule has 1 N–H and O–H groups in total. The van der Waals surface area contributed by atoms with Gasteiger partial charge in [-0.15, -0.1) is 0 Å². The van der Waals surface area contributed by atoms with Crippen molar-refractivity contribution in [2.24, 2.45) is 0 Å². The number of aromatic nitrogens is 4. The van der Waals surface area contributed by atoms with Crippen LogP contribution in [-0.2, 0) is 0 Å². The van der Waals surface area contributed by atoms with Crippen LogP contribution in [0.5, 0.6) is 0 Å². The fourth-order valence-corrected chi connectivity index (χ4v) is 5.35. The Labute approximate surface area is 160 Å². The molecule has 0 amide bonds. The maximum absolute atomic E-state index is 12.5. The van der Waals surface area contributed by atoms with Crippen LogP contribution in [0.1, 0.15) is 5.82 Å². The average Bonchev–Trinajstić information content (AvgIpc) is 3.08. The summed E-state index contributed by atoms with van der Waals surface area (Å²) in [6.45, 7) is 1.81. The van der Waals surface area contributed by atoms with Gasteiger partial charge < -0.3 is 0 Å². The molecule has 2 aromatic carbocycles. The second-order valence-electron chi connectivity index (χ2n) is 6.27. The molecule has 3 aromatic heterocycles. The number of aryl methyl sites for hydroxylation is 1. The summed E-state index contributed by atoms with van der Waals surface area (Å²) in [5.74, 6) is 0.611. The Hall–Kier alpha value is -3.08. The second kappa shape index (κ2) is 6.27. The van der Waals surface area contributed by atoms with Crippen molar-refractivity contribution in [3.05, 3.63) is 76.8 Å². The molecular weight excluding hydrogens is 403 g/mol. The second-order valence-corrected chi connectivity index (χ2v) is 8.36. The fourth-order valence-electron chi connectivity index (χ4n) is 3.33. The van der Waals surface area contributed by atoms with E-state index < -0.39 is 0 Å². The quantitative estimate of drug-likeness (QED) is 0.446. The third kappa shape index (κ3) is 2.62. The van der Waals surface area contributed by atoms with E-state index in [0.717, 1.165) is 41.9 Å². The summed E-state index contributed by atoms with van der Waals surface area (Å²) in [4.78, 5) is 20.0. The van der Waals surface area contributed by atoms with Gasteiger partial charge in [0.25, 0.3) is 0 Å². The van der Waals surface area contributed by atoms with Crippen molar-refractivity contribution in [3.63, 3.8) is 0 Å². The molecule has 5 rings (SSSR count). The number of nitrogens with zero attached hydrogens (tertiary/aromatic N) is 3. The standard InChI is InChI=1S/C21H14N4OSe/c1-12-22-18-16-15(13-8-4-2-5-9-13)17(14-10-6-3-7-11-14)24-25-21(16)27-19(18)20(26)23-12/h2-11H,1H3,(H,22,23,26). The molecule has 130 valence electrons. The number of H-pyrrole nitrogens is 1. The van der Waals surface area contributed by atoms with Crippen molar-refractivity contribution in [2.45, 2.75) is 6.92 Å². The van der Waals surface area contributed by atoms with Gasteiger partial charge in [0.2, 0.25) is 0 Å². The third-order valence-electron chi connectivity index (χ3n) is 4.48. The normalized spacial score (nSPS) is 11.3. The van der Waals surface area contributed by atoms with E-state index in [9.17, 15) is 4.79 Å². The molecule has 0 bridgehead atoms. The van der Waals surface area contributed by atoms with Gasteiger partial charge in [0.1, 0.15) is 0 Å². The first-order chi connectivity index (χ1) is 13.2.